The lowest BCUT2D eigenvalue weighted by atomic mass is 10.0. The molecule has 0 radical (unpaired) electrons. The Morgan fingerprint density at radius 2 is 1.67 bits per heavy atom. The molecule has 12 N–H and O–H groups in total. The first-order valence-electron chi connectivity index (χ1n) is 11.4. The molecule has 15 heteroatoms. The van der Waals surface area contributed by atoms with E-state index in [0.717, 1.165) is 0 Å². The van der Waals surface area contributed by atoms with Crippen molar-refractivity contribution < 1.29 is 29.4 Å². The minimum Gasteiger partial charge on any atom is -0.480 e. The minimum absolute atomic E-state index is 0.0111. The summed E-state index contributed by atoms with van der Waals surface area (Å²) in [6.07, 6.45) is 2.05. The van der Waals surface area contributed by atoms with Gasteiger partial charge in [0.2, 0.25) is 17.7 Å². The molecule has 0 spiro atoms. The van der Waals surface area contributed by atoms with Crippen LogP contribution in [0, 0.1) is 5.92 Å². The first-order valence-corrected chi connectivity index (χ1v) is 11.4. The number of aliphatic hydroxyl groups excluding tert-OH is 1. The van der Waals surface area contributed by atoms with Crippen LogP contribution in [0.25, 0.3) is 0 Å². The van der Waals surface area contributed by atoms with E-state index in [1.54, 1.807) is 13.8 Å². The summed E-state index contributed by atoms with van der Waals surface area (Å²) in [5.74, 6) is -4.08. The highest BCUT2D eigenvalue weighted by Crippen LogP contribution is 2.07. The molecule has 1 aromatic heterocycles. The Bertz CT molecular complexity index is 900. The number of amides is 3. The molecule has 0 aromatic carbocycles. The number of aliphatic hydroxyl groups is 1. The number of hydrogen-bond acceptors (Lipinski definition) is 8. The van der Waals surface area contributed by atoms with Crippen molar-refractivity contribution >= 4 is 29.7 Å². The number of aliphatic imine (C=N–C) groups is 1. The fourth-order valence-corrected chi connectivity index (χ4v) is 3.19. The van der Waals surface area contributed by atoms with Crippen LogP contribution in [-0.2, 0) is 25.6 Å². The Morgan fingerprint density at radius 1 is 1.06 bits per heavy atom. The Kier molecular flexibility index (Phi) is 12.3. The van der Waals surface area contributed by atoms with Gasteiger partial charge in [0, 0.05) is 24.9 Å². The van der Waals surface area contributed by atoms with Gasteiger partial charge in [-0.05, 0) is 25.7 Å². The molecule has 1 heterocycles. The second kappa shape index (κ2) is 14.6. The molecule has 5 atom stereocenters. The summed E-state index contributed by atoms with van der Waals surface area (Å²) in [6, 6.07) is -4.82. The Morgan fingerprint density at radius 3 is 2.17 bits per heavy atom. The monoisotopic (exact) mass is 511 g/mol. The van der Waals surface area contributed by atoms with Gasteiger partial charge in [-0.2, -0.15) is 0 Å². The van der Waals surface area contributed by atoms with Crippen LogP contribution in [0.15, 0.2) is 17.5 Å². The van der Waals surface area contributed by atoms with Gasteiger partial charge in [-0.1, -0.05) is 13.8 Å². The van der Waals surface area contributed by atoms with Crippen LogP contribution in [-0.4, -0.2) is 86.6 Å². The highest BCUT2D eigenvalue weighted by molar-refractivity contribution is 5.94. The van der Waals surface area contributed by atoms with Crippen molar-refractivity contribution in [3.05, 3.63) is 18.2 Å². The van der Waals surface area contributed by atoms with Crippen molar-refractivity contribution in [3.63, 3.8) is 0 Å². The van der Waals surface area contributed by atoms with Crippen LogP contribution in [0.4, 0.5) is 0 Å². The number of carbonyl (C=O) groups is 4. The number of nitrogens with one attached hydrogen (secondary N) is 4. The third-order valence-corrected chi connectivity index (χ3v) is 5.20. The number of nitrogens with two attached hydrogens (primary N) is 3. The molecule has 0 saturated carbocycles. The SMILES string of the molecule is CC(C)C(NC(=O)C(N)Cc1cnc[nH]1)C(=O)NC(C(=O)NC(CCCN=C(N)N)C(=O)O)C(C)O. The number of aliphatic carboxylic acids is 1. The van der Waals surface area contributed by atoms with Gasteiger partial charge >= 0.3 is 5.97 Å². The van der Waals surface area contributed by atoms with E-state index in [2.05, 4.69) is 30.9 Å². The molecule has 0 aliphatic carbocycles. The first kappa shape index (κ1) is 30.3. The van der Waals surface area contributed by atoms with E-state index in [4.69, 9.17) is 17.2 Å². The van der Waals surface area contributed by atoms with Crippen molar-refractivity contribution in [2.75, 3.05) is 6.54 Å². The predicted molar refractivity (Wildman–Crippen MR) is 130 cm³/mol. The second-order valence-corrected chi connectivity index (χ2v) is 8.69. The zero-order valence-corrected chi connectivity index (χ0v) is 20.6. The number of hydrogen-bond donors (Lipinski definition) is 9. The lowest BCUT2D eigenvalue weighted by Crippen LogP contribution is -2.60. The average molecular weight is 512 g/mol. The maximum Gasteiger partial charge on any atom is 0.326 e. The Labute approximate surface area is 208 Å². The standard InChI is InChI=1S/C21H37N9O6/c1-10(2)15(29-17(32)13(22)7-12-8-25-9-27-12)18(33)30-16(11(3)31)19(34)28-14(20(35)36)5-4-6-26-21(23)24/h8-11,13-16,31H,4-7,22H2,1-3H3,(H,25,27)(H,28,34)(H,29,32)(H,30,33)(H,35,36)(H4,23,24,26). The fourth-order valence-electron chi connectivity index (χ4n) is 3.19. The van der Waals surface area contributed by atoms with Crippen molar-refractivity contribution in [3.8, 4) is 0 Å². The molecule has 1 aromatic rings. The van der Waals surface area contributed by atoms with Gasteiger partial charge in [0.25, 0.3) is 0 Å². The van der Waals surface area contributed by atoms with E-state index in [0.29, 0.717) is 5.69 Å². The van der Waals surface area contributed by atoms with Gasteiger partial charge in [-0.25, -0.2) is 9.78 Å². The minimum atomic E-state index is -1.48. The number of imidazole rings is 1. The molecule has 0 bridgehead atoms. The van der Waals surface area contributed by atoms with Crippen LogP contribution in [0.1, 0.15) is 39.3 Å². The lowest BCUT2D eigenvalue weighted by molar-refractivity contribution is -0.143. The zero-order valence-electron chi connectivity index (χ0n) is 20.6. The smallest absolute Gasteiger partial charge is 0.326 e. The molecule has 0 fully saturated rings. The number of nitrogens with zero attached hydrogens (tertiary/aromatic N) is 2. The summed E-state index contributed by atoms with van der Waals surface area (Å²) in [5.41, 5.74) is 17.0. The van der Waals surface area contributed by atoms with E-state index in [-0.39, 0.29) is 31.8 Å². The van der Waals surface area contributed by atoms with E-state index < -0.39 is 59.9 Å². The molecule has 3 amide bonds. The quantitative estimate of drug-likeness (QED) is 0.0650. The molecule has 0 aliphatic heterocycles. The van der Waals surface area contributed by atoms with Gasteiger partial charge in [0.1, 0.15) is 18.1 Å². The number of rotatable bonds is 15. The molecule has 202 valence electrons. The summed E-state index contributed by atoms with van der Waals surface area (Å²) in [6.45, 7) is 4.79. The van der Waals surface area contributed by atoms with Gasteiger partial charge < -0.3 is 48.3 Å². The number of H-pyrrole nitrogens is 1. The molecule has 0 saturated heterocycles. The number of carbonyl (C=O) groups excluding carboxylic acids is 3. The van der Waals surface area contributed by atoms with Crippen molar-refractivity contribution in [2.45, 2.75) is 70.3 Å². The summed E-state index contributed by atoms with van der Waals surface area (Å²) in [5, 5.41) is 26.8. The number of aromatic nitrogens is 2. The first-order chi connectivity index (χ1) is 16.8. The van der Waals surface area contributed by atoms with Gasteiger partial charge in [-0.3, -0.25) is 19.4 Å². The van der Waals surface area contributed by atoms with Crippen LogP contribution < -0.4 is 33.2 Å². The topological polar surface area (TPSA) is 264 Å². The van der Waals surface area contributed by atoms with E-state index in [1.165, 1.54) is 19.4 Å². The summed E-state index contributed by atoms with van der Waals surface area (Å²) < 4.78 is 0. The fraction of sp³-hybridized carbons (Fsp3) is 0.619. The van der Waals surface area contributed by atoms with Crippen molar-refractivity contribution in [2.24, 2.45) is 28.1 Å². The van der Waals surface area contributed by atoms with Crippen LogP contribution >= 0.6 is 0 Å². The maximum absolute atomic E-state index is 12.9. The van der Waals surface area contributed by atoms with E-state index in [1.807, 2.05) is 0 Å². The summed E-state index contributed by atoms with van der Waals surface area (Å²) in [4.78, 5) is 60.2. The highest BCUT2D eigenvalue weighted by atomic mass is 16.4. The number of guanidine groups is 1. The number of carboxylic acids is 1. The average Bonchev–Trinajstić information content (AvgIpc) is 3.29. The zero-order chi connectivity index (χ0) is 27.4. The summed E-state index contributed by atoms with van der Waals surface area (Å²) >= 11 is 0. The van der Waals surface area contributed by atoms with Crippen molar-refractivity contribution in [1.29, 1.82) is 0 Å². The van der Waals surface area contributed by atoms with Gasteiger partial charge in [0.15, 0.2) is 5.96 Å². The van der Waals surface area contributed by atoms with Gasteiger partial charge in [-0.15, -0.1) is 0 Å². The molecular weight excluding hydrogens is 474 g/mol. The Hall–Kier alpha value is -3.72. The van der Waals surface area contributed by atoms with E-state index >= 15 is 0 Å². The van der Waals surface area contributed by atoms with E-state index in [9.17, 15) is 29.4 Å². The Balaban J connectivity index is 2.83. The lowest BCUT2D eigenvalue weighted by Gasteiger charge is -2.28. The molecular formula is C21H37N9O6. The second-order valence-electron chi connectivity index (χ2n) is 8.69. The highest BCUT2D eigenvalue weighted by Gasteiger charge is 2.33. The normalized spacial score (nSPS) is 15.2. The molecule has 36 heavy (non-hydrogen) atoms. The van der Waals surface area contributed by atoms with Crippen LogP contribution in [0.5, 0.6) is 0 Å². The van der Waals surface area contributed by atoms with Crippen LogP contribution in [0.2, 0.25) is 0 Å². The molecule has 15 nitrogen and oxygen atoms in total. The third kappa shape index (κ3) is 10.3. The number of carboxylic acid groups (broad SMARTS) is 1. The predicted octanol–water partition coefficient (Wildman–Crippen LogP) is -3.09. The van der Waals surface area contributed by atoms with Gasteiger partial charge in [0.05, 0.1) is 18.5 Å². The van der Waals surface area contributed by atoms with Crippen molar-refractivity contribution in [1.82, 2.24) is 25.9 Å². The summed E-state index contributed by atoms with van der Waals surface area (Å²) in [7, 11) is 0. The largest absolute Gasteiger partial charge is 0.480 e. The molecule has 5 unspecified atom stereocenters. The number of aromatic amines is 1. The maximum atomic E-state index is 12.9. The van der Waals surface area contributed by atoms with Crippen LogP contribution in [0.3, 0.4) is 0 Å². The molecule has 0 aliphatic rings. The third-order valence-electron chi connectivity index (χ3n) is 5.20. The molecule has 1 rings (SSSR count).